The Labute approximate surface area is 128 Å². The lowest BCUT2D eigenvalue weighted by Crippen LogP contribution is -2.25. The van der Waals surface area contributed by atoms with Gasteiger partial charge in [0.25, 0.3) is 5.91 Å². The van der Waals surface area contributed by atoms with Crippen molar-refractivity contribution in [2.24, 2.45) is 0 Å². The van der Waals surface area contributed by atoms with E-state index in [1.54, 1.807) is 41.3 Å². The van der Waals surface area contributed by atoms with Crippen molar-refractivity contribution in [1.29, 1.82) is 0 Å². The lowest BCUT2D eigenvalue weighted by Gasteiger charge is -2.15. The molecule has 3 rings (SSSR count). The minimum atomic E-state index is -0.287. The molecule has 0 aliphatic carbocycles. The molecule has 2 aromatic rings. The first-order valence-electron chi connectivity index (χ1n) is 7.06. The second kappa shape index (κ2) is 5.52. The minimum Gasteiger partial charge on any atom is -0.506 e. The van der Waals surface area contributed by atoms with Crippen LogP contribution in [0.1, 0.15) is 22.8 Å². The van der Waals surface area contributed by atoms with Crippen molar-refractivity contribution >= 4 is 23.2 Å². The Morgan fingerprint density at radius 2 is 1.95 bits per heavy atom. The number of benzene rings is 2. The molecule has 0 spiro atoms. The Morgan fingerprint density at radius 3 is 2.68 bits per heavy atom. The highest BCUT2D eigenvalue weighted by molar-refractivity contribution is 6.06. The molecule has 0 unspecified atom stereocenters. The molecule has 2 N–H and O–H groups in total. The number of phenols is 1. The highest BCUT2D eigenvalue weighted by atomic mass is 16.3. The third kappa shape index (κ3) is 2.53. The van der Waals surface area contributed by atoms with E-state index in [-0.39, 0.29) is 17.6 Å². The maximum Gasteiger partial charge on any atom is 0.255 e. The Bertz CT molecular complexity index is 755. The molecular weight excluding hydrogens is 280 g/mol. The van der Waals surface area contributed by atoms with Gasteiger partial charge < -0.3 is 15.3 Å². The number of hydrogen-bond acceptors (Lipinski definition) is 3. The van der Waals surface area contributed by atoms with Gasteiger partial charge in [-0.3, -0.25) is 9.59 Å². The summed E-state index contributed by atoms with van der Waals surface area (Å²) in [6.07, 6.45) is 0.743. The molecule has 2 amide bonds. The number of phenolic OH excluding ortho intramolecular Hbond substituents is 1. The number of rotatable bonds is 2. The molecule has 0 fully saturated rings. The van der Waals surface area contributed by atoms with Gasteiger partial charge in [-0.25, -0.2) is 0 Å². The Hall–Kier alpha value is -2.82. The molecule has 0 aromatic heterocycles. The number of anilines is 2. The van der Waals surface area contributed by atoms with Crippen LogP contribution in [-0.4, -0.2) is 23.5 Å². The number of fused-ring (bicyclic) bond motifs is 1. The van der Waals surface area contributed by atoms with Crippen LogP contribution >= 0.6 is 0 Å². The number of carbonyl (C=O) groups excluding carboxylic acids is 2. The van der Waals surface area contributed by atoms with Gasteiger partial charge in [0.15, 0.2) is 0 Å². The molecule has 1 aliphatic rings. The smallest absolute Gasteiger partial charge is 0.255 e. The maximum absolute atomic E-state index is 12.3. The Balaban J connectivity index is 1.83. The average molecular weight is 296 g/mol. The SMILES string of the molecule is CC(=O)N1CCc2cc(C(=O)Nc3ccccc3O)ccc21. The molecule has 5 heteroatoms. The van der Waals surface area contributed by atoms with E-state index in [0.29, 0.717) is 17.8 Å². The fourth-order valence-electron chi connectivity index (χ4n) is 2.64. The summed E-state index contributed by atoms with van der Waals surface area (Å²) in [5, 5.41) is 12.4. The average Bonchev–Trinajstić information content (AvgIpc) is 2.92. The second-order valence-corrected chi connectivity index (χ2v) is 5.24. The molecule has 22 heavy (non-hydrogen) atoms. The summed E-state index contributed by atoms with van der Waals surface area (Å²) in [7, 11) is 0. The first-order chi connectivity index (χ1) is 10.6. The van der Waals surface area contributed by atoms with Crippen molar-refractivity contribution in [2.45, 2.75) is 13.3 Å². The van der Waals surface area contributed by atoms with Crippen LogP contribution in [0.25, 0.3) is 0 Å². The molecular formula is C17H16N2O3. The predicted octanol–water partition coefficient (Wildman–Crippen LogP) is 2.55. The molecule has 0 saturated carbocycles. The zero-order valence-corrected chi connectivity index (χ0v) is 12.2. The normalized spacial score (nSPS) is 12.9. The third-order valence-corrected chi connectivity index (χ3v) is 3.77. The standard InChI is InChI=1S/C17H16N2O3/c1-11(20)19-9-8-12-10-13(6-7-15(12)19)17(22)18-14-4-2-3-5-16(14)21/h2-7,10,21H,8-9H2,1H3,(H,18,22). The highest BCUT2D eigenvalue weighted by Gasteiger charge is 2.23. The van der Waals surface area contributed by atoms with Crippen LogP contribution in [0.4, 0.5) is 11.4 Å². The fourth-order valence-corrected chi connectivity index (χ4v) is 2.64. The van der Waals surface area contributed by atoms with Crippen LogP contribution in [0.5, 0.6) is 5.75 Å². The van der Waals surface area contributed by atoms with E-state index >= 15 is 0 Å². The maximum atomic E-state index is 12.3. The van der Waals surface area contributed by atoms with E-state index in [4.69, 9.17) is 0 Å². The highest BCUT2D eigenvalue weighted by Crippen LogP contribution is 2.29. The van der Waals surface area contributed by atoms with E-state index < -0.39 is 0 Å². The zero-order chi connectivity index (χ0) is 15.7. The van der Waals surface area contributed by atoms with Gasteiger partial charge in [0.1, 0.15) is 5.75 Å². The summed E-state index contributed by atoms with van der Waals surface area (Å²) < 4.78 is 0. The Kier molecular flexibility index (Phi) is 3.55. The van der Waals surface area contributed by atoms with Gasteiger partial charge in [-0.05, 0) is 42.3 Å². The van der Waals surface area contributed by atoms with Crippen LogP contribution in [-0.2, 0) is 11.2 Å². The van der Waals surface area contributed by atoms with E-state index in [1.807, 2.05) is 0 Å². The van der Waals surface area contributed by atoms with Crippen molar-refractivity contribution in [1.82, 2.24) is 0 Å². The van der Waals surface area contributed by atoms with Crippen molar-refractivity contribution in [3.8, 4) is 5.75 Å². The number of amides is 2. The molecule has 1 aliphatic heterocycles. The zero-order valence-electron chi connectivity index (χ0n) is 12.2. The molecule has 112 valence electrons. The van der Waals surface area contributed by atoms with E-state index in [0.717, 1.165) is 17.7 Å². The van der Waals surface area contributed by atoms with Crippen LogP contribution < -0.4 is 10.2 Å². The summed E-state index contributed by atoms with van der Waals surface area (Å²) >= 11 is 0. The van der Waals surface area contributed by atoms with Gasteiger partial charge in [-0.2, -0.15) is 0 Å². The van der Waals surface area contributed by atoms with Crippen molar-refractivity contribution < 1.29 is 14.7 Å². The monoisotopic (exact) mass is 296 g/mol. The number of hydrogen-bond donors (Lipinski definition) is 2. The Morgan fingerprint density at radius 1 is 1.18 bits per heavy atom. The summed E-state index contributed by atoms with van der Waals surface area (Å²) in [6, 6.07) is 11.9. The first kappa shape index (κ1) is 14.1. The minimum absolute atomic E-state index is 0.00478. The van der Waals surface area contributed by atoms with Crippen LogP contribution in [0.15, 0.2) is 42.5 Å². The lowest BCUT2D eigenvalue weighted by atomic mass is 10.1. The first-order valence-corrected chi connectivity index (χ1v) is 7.06. The van der Waals surface area contributed by atoms with Gasteiger partial charge in [-0.15, -0.1) is 0 Å². The molecule has 2 aromatic carbocycles. The van der Waals surface area contributed by atoms with Gasteiger partial charge in [-0.1, -0.05) is 12.1 Å². The second-order valence-electron chi connectivity index (χ2n) is 5.24. The van der Waals surface area contributed by atoms with E-state index in [1.165, 1.54) is 13.0 Å². The van der Waals surface area contributed by atoms with Crippen LogP contribution in [0.2, 0.25) is 0 Å². The van der Waals surface area contributed by atoms with Crippen LogP contribution in [0.3, 0.4) is 0 Å². The number of aromatic hydroxyl groups is 1. The van der Waals surface area contributed by atoms with Gasteiger partial charge in [0.05, 0.1) is 5.69 Å². The lowest BCUT2D eigenvalue weighted by molar-refractivity contribution is -0.116. The predicted molar refractivity (Wildman–Crippen MR) is 84.2 cm³/mol. The number of nitrogens with one attached hydrogen (secondary N) is 1. The summed E-state index contributed by atoms with van der Waals surface area (Å²) in [5.74, 6) is -0.254. The van der Waals surface area contributed by atoms with Crippen molar-refractivity contribution in [3.05, 3.63) is 53.6 Å². The van der Waals surface area contributed by atoms with Gasteiger partial charge in [0.2, 0.25) is 5.91 Å². The quantitative estimate of drug-likeness (QED) is 0.837. The molecule has 0 bridgehead atoms. The van der Waals surface area contributed by atoms with Gasteiger partial charge in [0, 0.05) is 24.7 Å². The molecule has 1 heterocycles. The topological polar surface area (TPSA) is 69.6 Å². The fraction of sp³-hybridized carbons (Fsp3) is 0.176. The molecule has 0 atom stereocenters. The number of para-hydroxylation sites is 2. The summed E-state index contributed by atoms with van der Waals surface area (Å²) in [6.45, 7) is 2.18. The number of carbonyl (C=O) groups is 2. The third-order valence-electron chi connectivity index (χ3n) is 3.77. The van der Waals surface area contributed by atoms with E-state index in [9.17, 15) is 14.7 Å². The summed E-state index contributed by atoms with van der Waals surface area (Å²) in [4.78, 5) is 25.5. The van der Waals surface area contributed by atoms with E-state index in [2.05, 4.69) is 5.32 Å². The van der Waals surface area contributed by atoms with Crippen molar-refractivity contribution in [3.63, 3.8) is 0 Å². The summed E-state index contributed by atoms with van der Waals surface area (Å²) in [5.41, 5.74) is 2.73. The number of nitrogens with zero attached hydrogens (tertiary/aromatic N) is 1. The molecule has 0 radical (unpaired) electrons. The van der Waals surface area contributed by atoms with Gasteiger partial charge >= 0.3 is 0 Å². The van der Waals surface area contributed by atoms with Crippen LogP contribution in [0, 0.1) is 0 Å². The molecule has 0 saturated heterocycles. The largest absolute Gasteiger partial charge is 0.506 e. The van der Waals surface area contributed by atoms with Crippen molar-refractivity contribution in [2.75, 3.05) is 16.8 Å². The molecule has 5 nitrogen and oxygen atoms in total.